The molecule has 0 spiro atoms. The van der Waals surface area contributed by atoms with Gasteiger partial charge in [0.05, 0.1) is 12.7 Å². The van der Waals surface area contributed by atoms with Crippen LogP contribution in [0.4, 0.5) is 0 Å². The lowest BCUT2D eigenvalue weighted by Crippen LogP contribution is -2.29. The lowest BCUT2D eigenvalue weighted by Gasteiger charge is -2.37. The maximum Gasteiger partial charge on any atom is 0.0793 e. The summed E-state index contributed by atoms with van der Waals surface area (Å²) in [5, 5.41) is 0. The van der Waals surface area contributed by atoms with Crippen molar-refractivity contribution in [1.29, 1.82) is 0 Å². The van der Waals surface area contributed by atoms with E-state index in [1.165, 1.54) is 27.9 Å². The summed E-state index contributed by atoms with van der Waals surface area (Å²) in [4.78, 5) is 0. The maximum atomic E-state index is 6.29. The molecule has 0 radical (unpaired) electrons. The van der Waals surface area contributed by atoms with Gasteiger partial charge in [0.1, 0.15) is 0 Å². The van der Waals surface area contributed by atoms with Gasteiger partial charge in [0.25, 0.3) is 0 Å². The van der Waals surface area contributed by atoms with E-state index in [-0.39, 0.29) is 11.5 Å². The van der Waals surface area contributed by atoms with Crippen LogP contribution in [0.25, 0.3) is 0 Å². The lowest BCUT2D eigenvalue weighted by molar-refractivity contribution is 0.0439. The molecule has 0 saturated heterocycles. The van der Waals surface area contributed by atoms with Gasteiger partial charge in [-0.15, -0.1) is 0 Å². The summed E-state index contributed by atoms with van der Waals surface area (Å²) in [6, 6.07) is 10.4. The minimum Gasteiger partial charge on any atom is -0.369 e. The molecule has 1 aromatic rings. The van der Waals surface area contributed by atoms with Crippen molar-refractivity contribution in [3.8, 4) is 0 Å². The van der Waals surface area contributed by atoms with E-state index in [1.807, 2.05) is 12.1 Å². The first-order valence-corrected chi connectivity index (χ1v) is 10.6. The molecular formula is C27H37NO. The van der Waals surface area contributed by atoms with E-state index in [0.29, 0.717) is 13.2 Å². The highest BCUT2D eigenvalue weighted by Crippen LogP contribution is 2.42. The second-order valence-corrected chi connectivity index (χ2v) is 8.59. The molecule has 0 aliphatic heterocycles. The lowest BCUT2D eigenvalue weighted by atomic mass is 9.71. The smallest absolute Gasteiger partial charge is 0.0793 e. The van der Waals surface area contributed by atoms with E-state index >= 15 is 0 Å². The number of hydrogen-bond donors (Lipinski definition) is 1. The number of benzene rings is 1. The van der Waals surface area contributed by atoms with E-state index in [0.717, 1.165) is 12.8 Å². The van der Waals surface area contributed by atoms with Gasteiger partial charge in [0, 0.05) is 6.54 Å². The van der Waals surface area contributed by atoms with Gasteiger partial charge in [0.2, 0.25) is 0 Å². The molecule has 1 aromatic carbocycles. The quantitative estimate of drug-likeness (QED) is 0.502. The van der Waals surface area contributed by atoms with Gasteiger partial charge in [-0.25, -0.2) is 0 Å². The highest BCUT2D eigenvalue weighted by Gasteiger charge is 2.32. The molecule has 1 atom stereocenters. The average Bonchev–Trinajstić information content (AvgIpc) is 2.68. The first kappa shape index (κ1) is 23.1. The molecule has 0 bridgehead atoms. The summed E-state index contributed by atoms with van der Waals surface area (Å²) >= 11 is 0. The molecular weight excluding hydrogens is 354 g/mol. The minimum atomic E-state index is 0.170. The summed E-state index contributed by atoms with van der Waals surface area (Å²) in [6.07, 6.45) is 15.2. The Labute approximate surface area is 177 Å². The zero-order valence-corrected chi connectivity index (χ0v) is 18.7. The van der Waals surface area contributed by atoms with Crippen molar-refractivity contribution in [1.82, 2.24) is 0 Å². The van der Waals surface area contributed by atoms with E-state index in [1.54, 1.807) is 0 Å². The molecule has 2 heteroatoms. The van der Waals surface area contributed by atoms with Gasteiger partial charge in [0.15, 0.2) is 0 Å². The van der Waals surface area contributed by atoms with Crippen LogP contribution in [0.15, 0.2) is 89.1 Å². The minimum absolute atomic E-state index is 0.170. The average molecular weight is 392 g/mol. The highest BCUT2D eigenvalue weighted by atomic mass is 16.5. The van der Waals surface area contributed by atoms with Crippen LogP contribution in [0.1, 0.15) is 53.0 Å². The molecule has 1 unspecified atom stereocenters. The normalized spacial score (nSPS) is 20.8. The van der Waals surface area contributed by atoms with Crippen molar-refractivity contribution in [3.05, 3.63) is 94.6 Å². The maximum absolute atomic E-state index is 6.29. The fourth-order valence-corrected chi connectivity index (χ4v) is 3.76. The van der Waals surface area contributed by atoms with Gasteiger partial charge in [-0.1, -0.05) is 91.8 Å². The number of hydrogen-bond acceptors (Lipinski definition) is 2. The second-order valence-electron chi connectivity index (χ2n) is 8.59. The van der Waals surface area contributed by atoms with Gasteiger partial charge in [-0.05, 0) is 55.7 Å². The molecule has 0 fully saturated rings. The zero-order valence-electron chi connectivity index (χ0n) is 18.7. The summed E-state index contributed by atoms with van der Waals surface area (Å²) in [5.41, 5.74) is 12.1. The third kappa shape index (κ3) is 7.30. The number of ether oxygens (including phenoxy) is 1. The van der Waals surface area contributed by atoms with Crippen molar-refractivity contribution in [3.63, 3.8) is 0 Å². The van der Waals surface area contributed by atoms with Gasteiger partial charge in [-0.3, -0.25) is 0 Å². The second kappa shape index (κ2) is 11.1. The molecule has 2 rings (SSSR count). The van der Waals surface area contributed by atoms with E-state index in [9.17, 15) is 0 Å². The summed E-state index contributed by atoms with van der Waals surface area (Å²) in [7, 11) is 0. The monoisotopic (exact) mass is 391 g/mol. The van der Waals surface area contributed by atoms with Crippen LogP contribution in [0.3, 0.4) is 0 Å². The Hall–Kier alpha value is -2.16. The van der Waals surface area contributed by atoms with E-state index < -0.39 is 0 Å². The summed E-state index contributed by atoms with van der Waals surface area (Å²) in [6.45, 7) is 12.4. The molecule has 2 N–H and O–H groups in total. The van der Waals surface area contributed by atoms with Crippen LogP contribution in [-0.4, -0.2) is 12.6 Å². The van der Waals surface area contributed by atoms with Gasteiger partial charge in [-0.2, -0.15) is 0 Å². The fraction of sp³-hybridized carbons (Fsp3) is 0.407. The first-order valence-electron chi connectivity index (χ1n) is 10.6. The van der Waals surface area contributed by atoms with Gasteiger partial charge >= 0.3 is 0 Å². The van der Waals surface area contributed by atoms with Gasteiger partial charge < -0.3 is 10.5 Å². The van der Waals surface area contributed by atoms with E-state index in [2.05, 4.69) is 89.3 Å². The van der Waals surface area contributed by atoms with Crippen molar-refractivity contribution < 1.29 is 4.74 Å². The molecule has 0 heterocycles. The topological polar surface area (TPSA) is 35.2 Å². The molecule has 0 aromatic heterocycles. The Bertz CT molecular complexity index is 806. The largest absolute Gasteiger partial charge is 0.369 e. The number of nitrogens with two attached hydrogens (primary N) is 1. The van der Waals surface area contributed by atoms with Crippen molar-refractivity contribution in [2.75, 3.05) is 6.54 Å². The standard InChI is InChI=1S/C27H37NO/c1-21(10-9-11-22(2)17-19-28)14-15-25-23(3)26(16-18-27(25,4)5)29-20-24-12-7-6-8-13-24/h6-15,17,26H,16,18-20,28H2,1-5H3. The van der Waals surface area contributed by atoms with Crippen molar-refractivity contribution >= 4 is 0 Å². The Morgan fingerprint density at radius 3 is 2.55 bits per heavy atom. The van der Waals surface area contributed by atoms with E-state index in [4.69, 9.17) is 10.5 Å². The first-order chi connectivity index (χ1) is 13.8. The Morgan fingerprint density at radius 2 is 1.86 bits per heavy atom. The molecule has 1 aliphatic carbocycles. The molecule has 29 heavy (non-hydrogen) atoms. The zero-order chi connectivity index (χ0) is 21.3. The molecule has 2 nitrogen and oxygen atoms in total. The SMILES string of the molecule is CC(C=CC1=C(C)C(OCc2ccccc2)CCC1(C)C)=CC=CC(C)=CCN. The number of allylic oxidation sites excluding steroid dienone is 8. The van der Waals surface area contributed by atoms with Crippen LogP contribution in [0.5, 0.6) is 0 Å². The van der Waals surface area contributed by atoms with Crippen LogP contribution in [0, 0.1) is 5.41 Å². The summed E-state index contributed by atoms with van der Waals surface area (Å²) in [5.74, 6) is 0. The number of rotatable bonds is 8. The summed E-state index contributed by atoms with van der Waals surface area (Å²) < 4.78 is 6.29. The van der Waals surface area contributed by atoms with Crippen LogP contribution in [0.2, 0.25) is 0 Å². The molecule has 0 saturated carbocycles. The fourth-order valence-electron chi connectivity index (χ4n) is 3.76. The van der Waals surface area contributed by atoms with Crippen molar-refractivity contribution in [2.45, 2.75) is 60.2 Å². The molecule has 1 aliphatic rings. The highest BCUT2D eigenvalue weighted by molar-refractivity contribution is 5.38. The Balaban J connectivity index is 2.11. The predicted molar refractivity (Wildman–Crippen MR) is 126 cm³/mol. The predicted octanol–water partition coefficient (Wildman–Crippen LogP) is 6.67. The van der Waals surface area contributed by atoms with Crippen LogP contribution >= 0.6 is 0 Å². The van der Waals surface area contributed by atoms with Crippen LogP contribution < -0.4 is 5.73 Å². The Morgan fingerprint density at radius 1 is 1.14 bits per heavy atom. The van der Waals surface area contributed by atoms with Crippen LogP contribution in [-0.2, 0) is 11.3 Å². The Kier molecular flexibility index (Phi) is 8.88. The molecule has 0 amide bonds. The molecule has 156 valence electrons. The third-order valence-electron chi connectivity index (χ3n) is 5.63. The third-order valence-corrected chi connectivity index (χ3v) is 5.63. The van der Waals surface area contributed by atoms with Crippen molar-refractivity contribution in [2.24, 2.45) is 11.1 Å².